The lowest BCUT2D eigenvalue weighted by molar-refractivity contribution is -0.135. The molecule has 1 N–H and O–H groups in total. The van der Waals surface area contributed by atoms with Crippen molar-refractivity contribution in [2.45, 2.75) is 82.1 Å². The van der Waals surface area contributed by atoms with Crippen molar-refractivity contribution in [3.8, 4) is 0 Å². The Labute approximate surface area is 292 Å². The number of fused-ring (bicyclic) bond motifs is 1. The van der Waals surface area contributed by atoms with Gasteiger partial charge in [0, 0.05) is 49.1 Å². The lowest BCUT2D eigenvalue weighted by atomic mass is 9.69. The highest BCUT2D eigenvalue weighted by atomic mass is 35.5. The van der Waals surface area contributed by atoms with Crippen LogP contribution in [-0.4, -0.2) is 76.2 Å². The number of carbonyl (C=O) groups excluding carboxylic acids is 2. The largest absolute Gasteiger partial charge is 0.301 e. The zero-order chi connectivity index (χ0) is 33.3. The molecule has 48 heavy (non-hydrogen) atoms. The number of hydrogen-bond donors (Lipinski definition) is 1. The van der Waals surface area contributed by atoms with E-state index < -0.39 is 11.9 Å². The minimum absolute atomic E-state index is 0.211. The molecule has 2 aromatic carbocycles. The fraction of sp³-hybridized carbons (Fsp3) is 0.526. The van der Waals surface area contributed by atoms with Crippen molar-refractivity contribution >= 4 is 51.7 Å². The fourth-order valence-electron chi connectivity index (χ4n) is 8.57. The van der Waals surface area contributed by atoms with Crippen molar-refractivity contribution in [3.63, 3.8) is 0 Å². The van der Waals surface area contributed by atoms with E-state index in [2.05, 4.69) is 32.2 Å². The van der Waals surface area contributed by atoms with Crippen molar-refractivity contribution in [1.82, 2.24) is 24.7 Å². The van der Waals surface area contributed by atoms with E-state index in [1.54, 1.807) is 29.8 Å². The number of piperidine rings is 1. The molecule has 1 aromatic heterocycles. The molecule has 1 saturated carbocycles. The van der Waals surface area contributed by atoms with Gasteiger partial charge >= 0.3 is 0 Å². The van der Waals surface area contributed by atoms with Crippen LogP contribution in [0.5, 0.6) is 0 Å². The smallest absolute Gasteiger partial charge is 0.263 e. The average molecular weight is 688 g/mol. The summed E-state index contributed by atoms with van der Waals surface area (Å²) in [7, 11) is 0. The number of benzene rings is 2. The van der Waals surface area contributed by atoms with Gasteiger partial charge in [0.1, 0.15) is 11.9 Å². The van der Waals surface area contributed by atoms with E-state index in [9.17, 15) is 14.4 Å². The Morgan fingerprint density at radius 3 is 2.46 bits per heavy atom. The van der Waals surface area contributed by atoms with Crippen LogP contribution >= 0.6 is 23.4 Å². The normalized spacial score (nSPS) is 22.2. The van der Waals surface area contributed by atoms with Gasteiger partial charge in [0.05, 0.1) is 10.9 Å². The monoisotopic (exact) mass is 687 g/mol. The number of nitrogens with zero attached hydrogens (tertiary/aromatic N) is 4. The maximum absolute atomic E-state index is 13.8. The Bertz CT molecular complexity index is 1770. The molecule has 3 fully saturated rings. The molecule has 4 aliphatic rings. The molecule has 1 spiro atoms. The number of hydrogen-bond acceptors (Lipinski definition) is 7. The zero-order valence-electron chi connectivity index (χ0n) is 27.9. The van der Waals surface area contributed by atoms with Gasteiger partial charge in [0.25, 0.3) is 5.56 Å². The predicted octanol–water partition coefficient (Wildman–Crippen LogP) is 6.63. The van der Waals surface area contributed by atoms with Crippen LogP contribution in [-0.2, 0) is 9.59 Å². The standard InChI is InChI=1S/C38H46ClN5O3S/c1-26-40-31-6-4-7-33(35(31)37(47)44(26)32-12-13-34(45)41-36(32)46)48-23-5-18-42-19-21-43(22-20-42)25-28-24-38(15-2-3-16-38)17-14-30(28)27-8-10-29(39)11-9-27/h4,6-11,32H,2-3,5,12-25H2,1H3,(H,41,45,46). The average Bonchev–Trinajstić information content (AvgIpc) is 3.52. The number of allylic oxidation sites excluding steroid dienone is 1. The van der Waals surface area contributed by atoms with E-state index >= 15 is 0 Å². The van der Waals surface area contributed by atoms with Crippen LogP contribution in [0.1, 0.15) is 81.6 Å². The molecule has 2 aliphatic carbocycles. The first kappa shape index (κ1) is 33.5. The molecular weight excluding hydrogens is 642 g/mol. The van der Waals surface area contributed by atoms with Gasteiger partial charge < -0.3 is 4.90 Å². The summed E-state index contributed by atoms with van der Waals surface area (Å²) >= 11 is 7.93. The predicted molar refractivity (Wildman–Crippen MR) is 194 cm³/mol. The van der Waals surface area contributed by atoms with E-state index in [-0.39, 0.29) is 17.9 Å². The summed E-state index contributed by atoms with van der Waals surface area (Å²) in [5, 5.41) is 3.73. The second-order valence-electron chi connectivity index (χ2n) is 14.2. The molecule has 2 aliphatic heterocycles. The number of nitrogens with one attached hydrogen (secondary N) is 1. The van der Waals surface area contributed by atoms with Gasteiger partial charge in [-0.1, -0.05) is 48.2 Å². The van der Waals surface area contributed by atoms with E-state index in [0.29, 0.717) is 28.6 Å². The molecule has 2 amide bonds. The van der Waals surface area contributed by atoms with Crippen LogP contribution in [0.25, 0.3) is 16.5 Å². The fourth-order valence-corrected chi connectivity index (χ4v) is 9.70. The molecule has 0 radical (unpaired) electrons. The summed E-state index contributed by atoms with van der Waals surface area (Å²) in [6.45, 7) is 8.19. The number of piperazine rings is 1. The van der Waals surface area contributed by atoms with Crippen molar-refractivity contribution in [1.29, 1.82) is 0 Å². The molecule has 3 aromatic rings. The third kappa shape index (κ3) is 7.16. The van der Waals surface area contributed by atoms with E-state index in [4.69, 9.17) is 11.6 Å². The molecule has 10 heteroatoms. The number of aryl methyl sites for hydroxylation is 1. The Hall–Kier alpha value is -2.98. The van der Waals surface area contributed by atoms with Gasteiger partial charge in [-0.2, -0.15) is 0 Å². The van der Waals surface area contributed by atoms with Crippen LogP contribution in [0.3, 0.4) is 0 Å². The first-order chi connectivity index (χ1) is 23.3. The van der Waals surface area contributed by atoms with Crippen LogP contribution in [0, 0.1) is 12.3 Å². The Balaban J connectivity index is 0.952. The highest BCUT2D eigenvalue weighted by Crippen LogP contribution is 2.52. The lowest BCUT2D eigenvalue weighted by Crippen LogP contribution is -2.47. The Kier molecular flexibility index (Phi) is 10.1. The van der Waals surface area contributed by atoms with Gasteiger partial charge in [0.2, 0.25) is 11.8 Å². The maximum atomic E-state index is 13.8. The molecule has 2 saturated heterocycles. The minimum atomic E-state index is -0.717. The zero-order valence-corrected chi connectivity index (χ0v) is 29.5. The summed E-state index contributed by atoms with van der Waals surface area (Å²) in [5.41, 5.74) is 5.54. The highest BCUT2D eigenvalue weighted by molar-refractivity contribution is 7.99. The van der Waals surface area contributed by atoms with E-state index in [1.165, 1.54) is 55.1 Å². The summed E-state index contributed by atoms with van der Waals surface area (Å²) in [6, 6.07) is 13.6. The number of rotatable bonds is 9. The van der Waals surface area contributed by atoms with Gasteiger partial charge in [-0.05, 0) is 105 Å². The summed E-state index contributed by atoms with van der Waals surface area (Å²) < 4.78 is 1.48. The van der Waals surface area contributed by atoms with Gasteiger partial charge in [-0.25, -0.2) is 4.98 Å². The van der Waals surface area contributed by atoms with E-state index in [1.807, 2.05) is 30.3 Å². The Morgan fingerprint density at radius 1 is 0.958 bits per heavy atom. The molecule has 3 heterocycles. The lowest BCUT2D eigenvalue weighted by Gasteiger charge is -2.40. The molecule has 254 valence electrons. The molecule has 0 bridgehead atoms. The maximum Gasteiger partial charge on any atom is 0.263 e. The third-order valence-corrected chi connectivity index (χ3v) is 12.5. The van der Waals surface area contributed by atoms with Crippen LogP contribution in [0.15, 0.2) is 57.7 Å². The molecule has 1 atom stereocenters. The highest BCUT2D eigenvalue weighted by Gasteiger charge is 2.38. The first-order valence-electron chi connectivity index (χ1n) is 17.7. The summed E-state index contributed by atoms with van der Waals surface area (Å²) in [4.78, 5) is 48.9. The van der Waals surface area contributed by atoms with Gasteiger partial charge in [-0.15, -0.1) is 11.8 Å². The second-order valence-corrected chi connectivity index (χ2v) is 15.8. The van der Waals surface area contributed by atoms with Crippen molar-refractivity contribution < 1.29 is 9.59 Å². The quantitative estimate of drug-likeness (QED) is 0.153. The van der Waals surface area contributed by atoms with Gasteiger partial charge in [0.15, 0.2) is 0 Å². The van der Waals surface area contributed by atoms with Crippen LogP contribution in [0.4, 0.5) is 0 Å². The molecule has 8 nitrogen and oxygen atoms in total. The molecular formula is C38H46ClN5O3S. The molecule has 7 rings (SSSR count). The number of aromatic nitrogens is 2. The van der Waals surface area contributed by atoms with Crippen molar-refractivity contribution in [3.05, 3.63) is 74.8 Å². The number of amides is 2. The second kappa shape index (κ2) is 14.5. The number of halogens is 1. The minimum Gasteiger partial charge on any atom is -0.301 e. The first-order valence-corrected chi connectivity index (χ1v) is 19.0. The van der Waals surface area contributed by atoms with Gasteiger partial charge in [-0.3, -0.25) is 29.2 Å². The van der Waals surface area contributed by atoms with Crippen molar-refractivity contribution in [2.24, 2.45) is 5.41 Å². The van der Waals surface area contributed by atoms with E-state index in [0.717, 1.165) is 61.4 Å². The van der Waals surface area contributed by atoms with Crippen LogP contribution < -0.4 is 10.9 Å². The summed E-state index contributed by atoms with van der Waals surface area (Å²) in [6.07, 6.45) is 10.9. The van der Waals surface area contributed by atoms with Crippen LogP contribution in [0.2, 0.25) is 5.02 Å². The number of thioether (sulfide) groups is 1. The Morgan fingerprint density at radius 2 is 1.71 bits per heavy atom. The number of imide groups is 1. The summed E-state index contributed by atoms with van der Waals surface area (Å²) in [5.74, 6) is 0.653. The number of carbonyl (C=O) groups is 2. The topological polar surface area (TPSA) is 87.5 Å². The molecule has 1 unspecified atom stereocenters. The SMILES string of the molecule is Cc1nc2cccc(SCCCN3CCN(CC4=C(c5ccc(Cl)cc5)CCC5(CCCC5)C4)CC3)c2c(=O)n1C1CCC(=O)NC1=O. The van der Waals surface area contributed by atoms with Crippen molar-refractivity contribution in [2.75, 3.05) is 45.0 Å². The third-order valence-electron chi connectivity index (χ3n) is 11.1.